The first kappa shape index (κ1) is 10.4. The third kappa shape index (κ3) is 1.79. The molecule has 0 radical (unpaired) electrons. The van der Waals surface area contributed by atoms with Gasteiger partial charge < -0.3 is 0 Å². The maximum Gasteiger partial charge on any atom is 0.235 e. The van der Waals surface area contributed by atoms with Crippen LogP contribution in [0.1, 0.15) is 16.2 Å². The molecule has 0 fully saturated rings. The van der Waals surface area contributed by atoms with Crippen LogP contribution in [0.15, 0.2) is 36.7 Å². The van der Waals surface area contributed by atoms with Gasteiger partial charge in [-0.05, 0) is 24.3 Å². The van der Waals surface area contributed by atoms with Crippen molar-refractivity contribution in [3.05, 3.63) is 59.7 Å². The summed E-state index contributed by atoms with van der Waals surface area (Å²) in [4.78, 5) is 18.8. The predicted molar refractivity (Wildman–Crippen MR) is 51.8 cm³/mol. The van der Waals surface area contributed by atoms with Gasteiger partial charge in [0, 0.05) is 12.4 Å². The van der Waals surface area contributed by atoms with Crippen molar-refractivity contribution < 1.29 is 13.6 Å². The second-order valence-electron chi connectivity index (χ2n) is 3.00. The third-order valence-corrected chi connectivity index (χ3v) is 1.95. The lowest BCUT2D eigenvalue weighted by atomic mass is 10.1. The molecule has 3 nitrogen and oxygen atoms in total. The lowest BCUT2D eigenvalue weighted by Crippen LogP contribution is -2.10. The van der Waals surface area contributed by atoms with Gasteiger partial charge in [-0.15, -0.1) is 0 Å². The van der Waals surface area contributed by atoms with Crippen molar-refractivity contribution in [3.8, 4) is 0 Å². The summed E-state index contributed by atoms with van der Waals surface area (Å²) in [5, 5.41) is 0. The van der Waals surface area contributed by atoms with Crippen molar-refractivity contribution in [3.63, 3.8) is 0 Å². The summed E-state index contributed by atoms with van der Waals surface area (Å²) in [5.74, 6) is -2.45. The average Bonchev–Trinajstić information content (AvgIpc) is 2.29. The first-order valence-electron chi connectivity index (χ1n) is 4.46. The van der Waals surface area contributed by atoms with Crippen LogP contribution in [0.4, 0.5) is 8.78 Å². The van der Waals surface area contributed by atoms with Gasteiger partial charge in [0.25, 0.3) is 0 Å². The molecular formula is C11H6F2N2O. The number of rotatable bonds is 2. The van der Waals surface area contributed by atoms with Gasteiger partial charge in [-0.3, -0.25) is 4.79 Å². The van der Waals surface area contributed by atoms with E-state index in [9.17, 15) is 13.6 Å². The van der Waals surface area contributed by atoms with E-state index in [2.05, 4.69) is 9.97 Å². The number of hydrogen-bond acceptors (Lipinski definition) is 3. The Morgan fingerprint density at radius 3 is 1.75 bits per heavy atom. The Bertz CT molecular complexity index is 496. The number of halogens is 2. The van der Waals surface area contributed by atoms with Gasteiger partial charge in [0.2, 0.25) is 5.78 Å². The van der Waals surface area contributed by atoms with E-state index in [1.807, 2.05) is 0 Å². The Morgan fingerprint density at radius 2 is 1.38 bits per heavy atom. The Labute approximate surface area is 89.8 Å². The van der Waals surface area contributed by atoms with Gasteiger partial charge in [0.15, 0.2) is 11.6 Å². The molecule has 0 amide bonds. The summed E-state index contributed by atoms with van der Waals surface area (Å²) in [6.45, 7) is 0. The van der Waals surface area contributed by atoms with Gasteiger partial charge in [0.1, 0.15) is 11.4 Å². The quantitative estimate of drug-likeness (QED) is 0.727. The first-order valence-corrected chi connectivity index (χ1v) is 4.46. The van der Waals surface area contributed by atoms with Gasteiger partial charge >= 0.3 is 0 Å². The first-order chi connectivity index (χ1) is 7.70. The molecule has 16 heavy (non-hydrogen) atoms. The van der Waals surface area contributed by atoms with Crippen molar-refractivity contribution in [2.24, 2.45) is 0 Å². The summed E-state index contributed by atoms with van der Waals surface area (Å²) in [6.07, 6.45) is 2.52. The molecule has 80 valence electrons. The van der Waals surface area contributed by atoms with Crippen LogP contribution in [-0.2, 0) is 0 Å². The van der Waals surface area contributed by atoms with Crippen LogP contribution in [0.3, 0.4) is 0 Å². The predicted octanol–water partition coefficient (Wildman–Crippen LogP) is 1.99. The van der Waals surface area contributed by atoms with E-state index < -0.39 is 28.8 Å². The zero-order valence-corrected chi connectivity index (χ0v) is 8.02. The molecule has 0 spiro atoms. The minimum absolute atomic E-state index is 0.430. The van der Waals surface area contributed by atoms with E-state index in [4.69, 9.17) is 0 Å². The topological polar surface area (TPSA) is 42.9 Å². The second kappa shape index (κ2) is 4.14. The number of hydrogen-bond donors (Lipinski definition) is 0. The van der Waals surface area contributed by atoms with E-state index in [1.54, 1.807) is 0 Å². The fourth-order valence-electron chi connectivity index (χ4n) is 1.22. The number of carbonyl (C=O) groups is 1. The molecule has 2 heterocycles. The molecule has 5 heteroatoms. The molecular weight excluding hydrogens is 214 g/mol. The van der Waals surface area contributed by atoms with Gasteiger partial charge in [0.05, 0.1) is 0 Å². The smallest absolute Gasteiger partial charge is 0.235 e. The van der Waals surface area contributed by atoms with E-state index >= 15 is 0 Å². The number of ketones is 1. The summed E-state index contributed by atoms with van der Waals surface area (Å²) in [6, 6.07) is 4.87. The summed E-state index contributed by atoms with van der Waals surface area (Å²) in [5.41, 5.74) is -0.861. The Balaban J connectivity index is 2.48. The summed E-state index contributed by atoms with van der Waals surface area (Å²) < 4.78 is 26.4. The summed E-state index contributed by atoms with van der Waals surface area (Å²) in [7, 11) is 0. The monoisotopic (exact) mass is 220 g/mol. The van der Waals surface area contributed by atoms with Crippen molar-refractivity contribution in [1.82, 2.24) is 9.97 Å². The molecule has 0 unspecified atom stereocenters. The molecule has 0 saturated heterocycles. The fraction of sp³-hybridized carbons (Fsp3) is 0. The number of carbonyl (C=O) groups excluding carboxylic acids is 1. The third-order valence-electron chi connectivity index (χ3n) is 1.95. The minimum Gasteiger partial charge on any atom is -0.285 e. The molecule has 0 saturated carbocycles. The molecule has 2 rings (SSSR count). The normalized spacial score (nSPS) is 10.1. The number of aromatic nitrogens is 2. The SMILES string of the molecule is O=C(c1ncccc1F)c1ncccc1F. The number of pyridine rings is 2. The highest BCUT2D eigenvalue weighted by Gasteiger charge is 2.19. The molecule has 2 aromatic heterocycles. The molecule has 0 bridgehead atoms. The van der Waals surface area contributed by atoms with Crippen molar-refractivity contribution in [1.29, 1.82) is 0 Å². The standard InChI is InChI=1S/C11H6F2N2O/c12-7-3-1-5-14-9(7)11(16)10-8(13)4-2-6-15-10/h1-6H. The van der Waals surface area contributed by atoms with Gasteiger partial charge in [-0.25, -0.2) is 18.7 Å². The maximum absolute atomic E-state index is 13.2. The average molecular weight is 220 g/mol. The second-order valence-corrected chi connectivity index (χ2v) is 3.00. The Morgan fingerprint density at radius 1 is 0.938 bits per heavy atom. The zero-order chi connectivity index (χ0) is 11.5. The highest BCUT2D eigenvalue weighted by Crippen LogP contribution is 2.11. The highest BCUT2D eigenvalue weighted by atomic mass is 19.1. The Hall–Kier alpha value is -2.17. The highest BCUT2D eigenvalue weighted by molar-refractivity contribution is 6.06. The molecule has 0 atom stereocenters. The van der Waals surface area contributed by atoms with Crippen LogP contribution < -0.4 is 0 Å². The largest absolute Gasteiger partial charge is 0.285 e. The minimum atomic E-state index is -0.865. The van der Waals surface area contributed by atoms with Gasteiger partial charge in [-0.1, -0.05) is 0 Å². The van der Waals surface area contributed by atoms with Crippen LogP contribution in [0.2, 0.25) is 0 Å². The van der Waals surface area contributed by atoms with E-state index in [0.29, 0.717) is 0 Å². The van der Waals surface area contributed by atoms with Crippen molar-refractivity contribution >= 4 is 5.78 Å². The Kier molecular flexibility index (Phi) is 2.68. The van der Waals surface area contributed by atoms with Crippen molar-refractivity contribution in [2.75, 3.05) is 0 Å². The number of nitrogens with zero attached hydrogens (tertiary/aromatic N) is 2. The van der Waals surface area contributed by atoms with E-state index in [-0.39, 0.29) is 0 Å². The lowest BCUT2D eigenvalue weighted by molar-refractivity contribution is 0.102. The molecule has 0 aliphatic carbocycles. The van der Waals surface area contributed by atoms with Crippen LogP contribution in [0, 0.1) is 11.6 Å². The molecule has 0 aromatic carbocycles. The fourth-order valence-corrected chi connectivity index (χ4v) is 1.22. The lowest BCUT2D eigenvalue weighted by Gasteiger charge is -2.01. The van der Waals surface area contributed by atoms with Crippen molar-refractivity contribution in [2.45, 2.75) is 0 Å². The summed E-state index contributed by atoms with van der Waals surface area (Å²) >= 11 is 0. The van der Waals surface area contributed by atoms with Crippen LogP contribution in [0.5, 0.6) is 0 Å². The van der Waals surface area contributed by atoms with Crippen LogP contribution >= 0.6 is 0 Å². The van der Waals surface area contributed by atoms with E-state index in [1.165, 1.54) is 24.5 Å². The molecule has 0 aliphatic rings. The zero-order valence-electron chi connectivity index (χ0n) is 8.02. The van der Waals surface area contributed by atoms with Gasteiger partial charge in [-0.2, -0.15) is 0 Å². The van der Waals surface area contributed by atoms with Crippen LogP contribution in [0.25, 0.3) is 0 Å². The molecule has 0 N–H and O–H groups in total. The molecule has 2 aromatic rings. The van der Waals surface area contributed by atoms with Crippen LogP contribution in [-0.4, -0.2) is 15.8 Å². The molecule has 0 aliphatic heterocycles. The van der Waals surface area contributed by atoms with E-state index in [0.717, 1.165) is 12.1 Å². The maximum atomic E-state index is 13.2.